The number of hydrogen-bond donors (Lipinski definition) is 3. The van der Waals surface area contributed by atoms with Gasteiger partial charge in [0, 0.05) is 28.7 Å². The monoisotopic (exact) mass is 422 g/mol. The highest BCUT2D eigenvalue weighted by atomic mass is 16.6. The van der Waals surface area contributed by atoms with Crippen molar-refractivity contribution in [2.75, 3.05) is 10.6 Å². The van der Waals surface area contributed by atoms with E-state index in [0.29, 0.717) is 11.3 Å². The van der Waals surface area contributed by atoms with E-state index in [1.54, 1.807) is 12.3 Å². The number of fused-ring (bicyclic) bond motifs is 1. The van der Waals surface area contributed by atoms with Gasteiger partial charge in [0.2, 0.25) is 0 Å². The molecule has 2 heterocycles. The standard InChI is InChI=1S/C23H30N6O2/c1-22(2,3)31-21(30)28-15-6-5-14(9-15)26-17-10-18-19(29-23(4)7-8-23)11-16(12-24)27-20(18)25-13-17/h10-11,13-15,26H,5-9H2,1-4H3,(H,28,30)(H,25,27,29)/t14-,15-/m0/s1. The average Bonchev–Trinajstić information content (AvgIpc) is 3.24. The van der Waals surface area contributed by atoms with Crippen molar-refractivity contribution >= 4 is 28.5 Å². The number of amides is 1. The summed E-state index contributed by atoms with van der Waals surface area (Å²) in [5, 5.41) is 20.3. The molecule has 0 bridgehead atoms. The third kappa shape index (κ3) is 5.35. The summed E-state index contributed by atoms with van der Waals surface area (Å²) in [6.07, 6.45) is 6.29. The van der Waals surface area contributed by atoms with Crippen molar-refractivity contribution in [1.29, 1.82) is 5.26 Å². The molecule has 1 amide bonds. The number of hydrogen-bond acceptors (Lipinski definition) is 7. The van der Waals surface area contributed by atoms with Gasteiger partial charge in [-0.1, -0.05) is 0 Å². The zero-order valence-electron chi connectivity index (χ0n) is 18.6. The molecule has 2 aliphatic rings. The van der Waals surface area contributed by atoms with E-state index in [-0.39, 0.29) is 23.7 Å². The van der Waals surface area contributed by atoms with Crippen LogP contribution in [0.25, 0.3) is 11.0 Å². The molecule has 0 unspecified atom stereocenters. The fourth-order valence-corrected chi connectivity index (χ4v) is 3.94. The highest BCUT2D eigenvalue weighted by Gasteiger charge is 2.37. The largest absolute Gasteiger partial charge is 0.444 e. The van der Waals surface area contributed by atoms with Crippen molar-refractivity contribution in [2.45, 2.75) is 83.0 Å². The molecular formula is C23H30N6O2. The first-order valence-electron chi connectivity index (χ1n) is 10.9. The Kier molecular flexibility index (Phi) is 5.38. The maximum Gasteiger partial charge on any atom is 0.407 e. The maximum atomic E-state index is 12.0. The normalized spacial score (nSPS) is 21.9. The van der Waals surface area contributed by atoms with Crippen molar-refractivity contribution in [3.05, 3.63) is 24.0 Å². The Morgan fingerprint density at radius 1 is 1.26 bits per heavy atom. The van der Waals surface area contributed by atoms with E-state index in [1.807, 2.05) is 26.8 Å². The Balaban J connectivity index is 1.45. The molecule has 4 rings (SSSR count). The molecule has 2 saturated carbocycles. The number of carbonyl (C=O) groups excluding carboxylic acids is 1. The lowest BCUT2D eigenvalue weighted by Crippen LogP contribution is -2.38. The molecule has 0 aromatic carbocycles. The Hall–Kier alpha value is -3.08. The summed E-state index contributed by atoms with van der Waals surface area (Å²) in [7, 11) is 0. The van der Waals surface area contributed by atoms with Gasteiger partial charge in [-0.05, 0) is 71.9 Å². The number of pyridine rings is 2. The maximum absolute atomic E-state index is 12.0. The molecule has 0 saturated heterocycles. The molecular weight excluding hydrogens is 392 g/mol. The van der Waals surface area contributed by atoms with Crippen LogP contribution in [0.15, 0.2) is 18.3 Å². The predicted octanol–water partition coefficient (Wildman–Crippen LogP) is 4.32. The van der Waals surface area contributed by atoms with Crippen molar-refractivity contribution in [3.63, 3.8) is 0 Å². The zero-order valence-corrected chi connectivity index (χ0v) is 18.6. The van der Waals surface area contributed by atoms with E-state index in [0.717, 1.165) is 48.9 Å². The van der Waals surface area contributed by atoms with E-state index in [4.69, 9.17) is 4.74 Å². The Morgan fingerprint density at radius 3 is 2.68 bits per heavy atom. The molecule has 2 aromatic heterocycles. The number of nitrogens with zero attached hydrogens (tertiary/aromatic N) is 3. The summed E-state index contributed by atoms with van der Waals surface area (Å²) in [4.78, 5) is 20.9. The first kappa shape index (κ1) is 21.2. The van der Waals surface area contributed by atoms with E-state index < -0.39 is 5.60 Å². The molecule has 0 radical (unpaired) electrons. The number of aromatic nitrogens is 2. The van der Waals surface area contributed by atoms with Crippen LogP contribution in [0.3, 0.4) is 0 Å². The number of nitrogens with one attached hydrogen (secondary N) is 3. The zero-order chi connectivity index (χ0) is 22.2. The fourth-order valence-electron chi connectivity index (χ4n) is 3.94. The van der Waals surface area contributed by atoms with E-state index >= 15 is 0 Å². The van der Waals surface area contributed by atoms with Crippen LogP contribution in [-0.4, -0.2) is 39.3 Å². The lowest BCUT2D eigenvalue weighted by Gasteiger charge is -2.22. The van der Waals surface area contributed by atoms with Crippen molar-refractivity contribution in [3.8, 4) is 6.07 Å². The number of nitriles is 1. The van der Waals surface area contributed by atoms with Gasteiger partial charge in [0.15, 0.2) is 5.65 Å². The fraction of sp³-hybridized carbons (Fsp3) is 0.565. The lowest BCUT2D eigenvalue weighted by molar-refractivity contribution is 0.0505. The van der Waals surface area contributed by atoms with Gasteiger partial charge in [0.25, 0.3) is 0 Å². The van der Waals surface area contributed by atoms with E-state index in [1.165, 1.54) is 0 Å². The molecule has 2 atom stereocenters. The Labute approximate surface area is 182 Å². The lowest BCUT2D eigenvalue weighted by atomic mass is 10.1. The molecule has 2 aliphatic carbocycles. The van der Waals surface area contributed by atoms with Crippen molar-refractivity contribution < 1.29 is 9.53 Å². The quantitative estimate of drug-likeness (QED) is 0.658. The van der Waals surface area contributed by atoms with Gasteiger partial charge in [-0.2, -0.15) is 5.26 Å². The van der Waals surface area contributed by atoms with Crippen LogP contribution in [0.1, 0.15) is 65.5 Å². The van der Waals surface area contributed by atoms with Crippen LogP contribution < -0.4 is 16.0 Å². The third-order valence-electron chi connectivity index (χ3n) is 5.74. The summed E-state index contributed by atoms with van der Waals surface area (Å²) in [5.74, 6) is 0. The number of anilines is 2. The number of carbonyl (C=O) groups is 1. The highest BCUT2D eigenvalue weighted by Crippen LogP contribution is 2.40. The van der Waals surface area contributed by atoms with E-state index in [2.05, 4.69) is 38.9 Å². The van der Waals surface area contributed by atoms with Crippen LogP contribution in [0.2, 0.25) is 0 Å². The predicted molar refractivity (Wildman–Crippen MR) is 120 cm³/mol. The van der Waals surface area contributed by atoms with Crippen LogP contribution >= 0.6 is 0 Å². The first-order valence-corrected chi connectivity index (χ1v) is 10.9. The van der Waals surface area contributed by atoms with Gasteiger partial charge < -0.3 is 20.7 Å². The van der Waals surface area contributed by atoms with Gasteiger partial charge in [0.1, 0.15) is 17.4 Å². The van der Waals surface area contributed by atoms with Crippen molar-refractivity contribution in [1.82, 2.24) is 15.3 Å². The van der Waals surface area contributed by atoms with Crippen LogP contribution in [-0.2, 0) is 4.74 Å². The number of ether oxygens (including phenoxy) is 1. The topological polar surface area (TPSA) is 112 Å². The minimum Gasteiger partial charge on any atom is -0.444 e. The summed E-state index contributed by atoms with van der Waals surface area (Å²) < 4.78 is 5.36. The molecule has 8 nitrogen and oxygen atoms in total. The second-order valence-corrected chi connectivity index (χ2v) is 9.95. The van der Waals surface area contributed by atoms with Gasteiger partial charge in [-0.25, -0.2) is 14.8 Å². The number of rotatable bonds is 5. The van der Waals surface area contributed by atoms with E-state index in [9.17, 15) is 10.1 Å². The second-order valence-electron chi connectivity index (χ2n) is 9.95. The summed E-state index contributed by atoms with van der Waals surface area (Å²) >= 11 is 0. The molecule has 0 spiro atoms. The molecule has 3 N–H and O–H groups in total. The van der Waals surface area contributed by atoms with Crippen LogP contribution in [0.4, 0.5) is 16.2 Å². The first-order chi connectivity index (χ1) is 14.6. The van der Waals surface area contributed by atoms with Gasteiger partial charge in [-0.3, -0.25) is 0 Å². The Bertz CT molecular complexity index is 1030. The van der Waals surface area contributed by atoms with Crippen molar-refractivity contribution in [2.24, 2.45) is 0 Å². The van der Waals surface area contributed by atoms with Crippen LogP contribution in [0.5, 0.6) is 0 Å². The van der Waals surface area contributed by atoms with Gasteiger partial charge in [-0.15, -0.1) is 0 Å². The SMILES string of the molecule is CC1(Nc2cc(C#N)nc3ncc(N[C@H]4CC[C@H](NC(=O)OC(C)(C)C)C4)cc23)CC1. The highest BCUT2D eigenvalue weighted by molar-refractivity contribution is 5.92. The molecule has 31 heavy (non-hydrogen) atoms. The van der Waals surface area contributed by atoms with Gasteiger partial charge >= 0.3 is 6.09 Å². The Morgan fingerprint density at radius 2 is 2.00 bits per heavy atom. The molecule has 8 heteroatoms. The third-order valence-corrected chi connectivity index (χ3v) is 5.74. The molecule has 2 fully saturated rings. The molecule has 164 valence electrons. The smallest absolute Gasteiger partial charge is 0.407 e. The summed E-state index contributed by atoms with van der Waals surface area (Å²) in [6, 6.07) is 6.29. The second kappa shape index (κ2) is 7.88. The minimum absolute atomic E-state index is 0.0798. The minimum atomic E-state index is -0.500. The summed E-state index contributed by atoms with van der Waals surface area (Å²) in [5.41, 5.74) is 2.31. The molecule has 0 aliphatic heterocycles. The van der Waals surface area contributed by atoms with Crippen LogP contribution in [0, 0.1) is 11.3 Å². The molecule has 2 aromatic rings. The number of alkyl carbamates (subject to hydrolysis) is 1. The van der Waals surface area contributed by atoms with Gasteiger partial charge in [0.05, 0.1) is 11.9 Å². The average molecular weight is 423 g/mol. The summed E-state index contributed by atoms with van der Waals surface area (Å²) in [6.45, 7) is 7.76.